The van der Waals surface area contributed by atoms with Crippen molar-refractivity contribution in [2.75, 3.05) is 5.32 Å². The molecule has 2 rings (SSSR count). The molecule has 6 nitrogen and oxygen atoms in total. The lowest BCUT2D eigenvalue weighted by atomic mass is 10.2. The largest absolute Gasteiger partial charge is 0.325 e. The lowest BCUT2D eigenvalue weighted by Crippen LogP contribution is -2.19. The maximum atomic E-state index is 11.8. The van der Waals surface area contributed by atoms with E-state index in [0.29, 0.717) is 22.9 Å². The molecule has 0 aliphatic rings. The minimum Gasteiger partial charge on any atom is -0.325 e. The zero-order valence-corrected chi connectivity index (χ0v) is 11.2. The molecule has 7 heteroatoms. The molecule has 0 unspecified atom stereocenters. The van der Waals surface area contributed by atoms with Crippen LogP contribution in [0, 0.1) is 6.92 Å². The van der Waals surface area contributed by atoms with Crippen molar-refractivity contribution in [2.45, 2.75) is 20.0 Å². The lowest BCUT2D eigenvalue weighted by Gasteiger charge is -2.07. The minimum atomic E-state index is -0.223. The molecule has 19 heavy (non-hydrogen) atoms. The number of carbonyl (C=O) groups is 1. The number of halogens is 1. The van der Waals surface area contributed by atoms with E-state index in [1.165, 1.54) is 4.68 Å². The topological polar surface area (TPSA) is 85.8 Å². The van der Waals surface area contributed by atoms with Crippen molar-refractivity contribution in [3.8, 4) is 0 Å². The average Bonchev–Trinajstić information content (AvgIpc) is 2.80. The Morgan fingerprint density at radius 1 is 1.53 bits per heavy atom. The van der Waals surface area contributed by atoms with Crippen molar-refractivity contribution in [1.29, 1.82) is 0 Å². The second-order valence-electron chi connectivity index (χ2n) is 4.14. The van der Waals surface area contributed by atoms with E-state index in [9.17, 15) is 4.79 Å². The van der Waals surface area contributed by atoms with Crippen LogP contribution in [0.4, 0.5) is 5.69 Å². The number of aryl methyl sites for hydroxylation is 1. The predicted molar refractivity (Wildman–Crippen MR) is 72.7 cm³/mol. The zero-order chi connectivity index (χ0) is 13.8. The number of nitrogens with two attached hydrogens (primary N) is 1. The van der Waals surface area contributed by atoms with Crippen molar-refractivity contribution in [3.05, 3.63) is 40.7 Å². The Labute approximate surface area is 115 Å². The molecule has 3 N–H and O–H groups in total. The van der Waals surface area contributed by atoms with Gasteiger partial charge in [0.05, 0.1) is 22.6 Å². The Morgan fingerprint density at radius 3 is 2.95 bits per heavy atom. The van der Waals surface area contributed by atoms with Crippen molar-refractivity contribution in [2.24, 2.45) is 5.73 Å². The molecule has 0 saturated carbocycles. The molecule has 0 radical (unpaired) electrons. The Bertz CT molecular complexity index is 596. The van der Waals surface area contributed by atoms with E-state index in [4.69, 9.17) is 17.3 Å². The molecule has 0 atom stereocenters. The van der Waals surface area contributed by atoms with Gasteiger partial charge in [-0.25, -0.2) is 4.68 Å². The smallest absolute Gasteiger partial charge is 0.246 e. The quantitative estimate of drug-likeness (QED) is 0.884. The van der Waals surface area contributed by atoms with E-state index in [-0.39, 0.29) is 12.5 Å². The maximum absolute atomic E-state index is 11.8. The van der Waals surface area contributed by atoms with Crippen LogP contribution in [0.2, 0.25) is 5.02 Å². The summed E-state index contributed by atoms with van der Waals surface area (Å²) in [5.74, 6) is -0.223. The number of anilines is 1. The van der Waals surface area contributed by atoms with E-state index < -0.39 is 0 Å². The first-order valence-electron chi connectivity index (χ1n) is 5.73. The molecule has 0 bridgehead atoms. The number of aromatic nitrogens is 3. The molecule has 1 amide bonds. The molecule has 0 fully saturated rings. The highest BCUT2D eigenvalue weighted by atomic mass is 35.5. The number of amides is 1. The van der Waals surface area contributed by atoms with Crippen LogP contribution in [0.25, 0.3) is 0 Å². The molecule has 0 aliphatic heterocycles. The molecule has 100 valence electrons. The third-order valence-corrected chi connectivity index (χ3v) is 2.81. The molecule has 1 heterocycles. The maximum Gasteiger partial charge on any atom is 0.246 e. The highest BCUT2D eigenvalue weighted by molar-refractivity contribution is 6.33. The second kappa shape index (κ2) is 5.81. The standard InChI is InChI=1S/C12H14ClN5O/c1-8-2-3-11(10(13)4-8)15-12(19)7-18-6-9(5-14)16-17-18/h2-4,6H,5,7,14H2,1H3,(H,15,19). The molecule has 0 saturated heterocycles. The fraction of sp³-hybridized carbons (Fsp3) is 0.250. The van der Waals surface area contributed by atoms with Crippen LogP contribution in [0.3, 0.4) is 0 Å². The van der Waals surface area contributed by atoms with Crippen LogP contribution >= 0.6 is 11.6 Å². The van der Waals surface area contributed by atoms with Gasteiger partial charge in [0.2, 0.25) is 5.91 Å². The van der Waals surface area contributed by atoms with E-state index in [0.717, 1.165) is 5.56 Å². The molecule has 1 aromatic carbocycles. The van der Waals surface area contributed by atoms with Gasteiger partial charge in [-0.05, 0) is 24.6 Å². The first-order chi connectivity index (χ1) is 9.08. The number of rotatable bonds is 4. The number of benzene rings is 1. The molecule has 0 spiro atoms. The fourth-order valence-corrected chi connectivity index (χ4v) is 1.85. The summed E-state index contributed by atoms with van der Waals surface area (Å²) in [6.45, 7) is 2.30. The summed E-state index contributed by atoms with van der Waals surface area (Å²) in [4.78, 5) is 11.8. The van der Waals surface area contributed by atoms with Gasteiger partial charge in [-0.1, -0.05) is 22.9 Å². The van der Waals surface area contributed by atoms with Gasteiger partial charge < -0.3 is 11.1 Å². The summed E-state index contributed by atoms with van der Waals surface area (Å²) >= 11 is 6.04. The Morgan fingerprint density at radius 2 is 2.32 bits per heavy atom. The van der Waals surface area contributed by atoms with Crippen LogP contribution in [-0.4, -0.2) is 20.9 Å². The van der Waals surface area contributed by atoms with E-state index in [1.54, 1.807) is 18.3 Å². The number of hydrogen-bond donors (Lipinski definition) is 2. The van der Waals surface area contributed by atoms with E-state index >= 15 is 0 Å². The van der Waals surface area contributed by atoms with Gasteiger partial charge in [0.15, 0.2) is 0 Å². The van der Waals surface area contributed by atoms with E-state index in [2.05, 4.69) is 15.6 Å². The average molecular weight is 280 g/mol. The van der Waals surface area contributed by atoms with Crippen molar-refractivity contribution in [3.63, 3.8) is 0 Å². The number of hydrogen-bond acceptors (Lipinski definition) is 4. The number of nitrogens with zero attached hydrogens (tertiary/aromatic N) is 3. The minimum absolute atomic E-state index is 0.0667. The highest BCUT2D eigenvalue weighted by Gasteiger charge is 2.08. The first-order valence-corrected chi connectivity index (χ1v) is 6.11. The molecular weight excluding hydrogens is 266 g/mol. The van der Waals surface area contributed by atoms with Crippen LogP contribution in [0.5, 0.6) is 0 Å². The number of nitrogens with one attached hydrogen (secondary N) is 1. The third-order valence-electron chi connectivity index (χ3n) is 2.50. The van der Waals surface area contributed by atoms with E-state index in [1.807, 2.05) is 13.0 Å². The summed E-state index contributed by atoms with van der Waals surface area (Å²) in [6.07, 6.45) is 1.64. The molecule has 2 aromatic rings. The summed E-state index contributed by atoms with van der Waals surface area (Å²) in [7, 11) is 0. The monoisotopic (exact) mass is 279 g/mol. The molecular formula is C12H14ClN5O. The highest BCUT2D eigenvalue weighted by Crippen LogP contribution is 2.22. The van der Waals surface area contributed by atoms with Crippen LogP contribution < -0.4 is 11.1 Å². The fourth-order valence-electron chi connectivity index (χ4n) is 1.57. The van der Waals surface area contributed by atoms with Gasteiger partial charge in [-0.2, -0.15) is 0 Å². The molecule has 0 aliphatic carbocycles. The predicted octanol–water partition coefficient (Wildman–Crippen LogP) is 1.34. The molecule has 1 aromatic heterocycles. The van der Waals surface area contributed by atoms with Crippen molar-refractivity contribution >= 4 is 23.2 Å². The Balaban J connectivity index is 2.01. The SMILES string of the molecule is Cc1ccc(NC(=O)Cn2cc(CN)nn2)c(Cl)c1. The van der Waals surface area contributed by atoms with Gasteiger partial charge in [0, 0.05) is 6.54 Å². The number of carbonyl (C=O) groups excluding carboxylic acids is 1. The second-order valence-corrected chi connectivity index (χ2v) is 4.55. The van der Waals surface area contributed by atoms with Gasteiger partial charge in [0.25, 0.3) is 0 Å². The van der Waals surface area contributed by atoms with Gasteiger partial charge in [0.1, 0.15) is 6.54 Å². The van der Waals surface area contributed by atoms with Crippen molar-refractivity contribution < 1.29 is 4.79 Å². The summed E-state index contributed by atoms with van der Waals surface area (Å²) in [5.41, 5.74) is 7.67. The zero-order valence-electron chi connectivity index (χ0n) is 10.4. The third kappa shape index (κ3) is 3.52. The summed E-state index contributed by atoms with van der Waals surface area (Å²) in [6, 6.07) is 5.44. The summed E-state index contributed by atoms with van der Waals surface area (Å²) in [5, 5.41) is 10.8. The Hall–Kier alpha value is -1.92. The van der Waals surface area contributed by atoms with Crippen LogP contribution in [0.1, 0.15) is 11.3 Å². The van der Waals surface area contributed by atoms with Gasteiger partial charge in [-0.3, -0.25) is 4.79 Å². The Kier molecular flexibility index (Phi) is 4.13. The van der Waals surface area contributed by atoms with Crippen LogP contribution in [-0.2, 0) is 17.9 Å². The van der Waals surface area contributed by atoms with Crippen LogP contribution in [0.15, 0.2) is 24.4 Å². The summed E-state index contributed by atoms with van der Waals surface area (Å²) < 4.78 is 1.43. The normalized spacial score (nSPS) is 10.5. The van der Waals surface area contributed by atoms with Gasteiger partial charge >= 0.3 is 0 Å². The van der Waals surface area contributed by atoms with Crippen molar-refractivity contribution in [1.82, 2.24) is 15.0 Å². The van der Waals surface area contributed by atoms with Gasteiger partial charge in [-0.15, -0.1) is 5.10 Å². The first kappa shape index (κ1) is 13.5. The lowest BCUT2D eigenvalue weighted by molar-refractivity contribution is -0.116.